The number of rotatable bonds is 1. The molecule has 0 aliphatic heterocycles. The van der Waals surface area contributed by atoms with Crippen molar-refractivity contribution in [2.75, 3.05) is 0 Å². The van der Waals surface area contributed by atoms with E-state index in [1.165, 1.54) is 6.08 Å². The number of hydrogen-bond acceptors (Lipinski definition) is 0. The van der Waals surface area contributed by atoms with E-state index in [1.54, 1.807) is 13.8 Å². The molecule has 0 unspecified atom stereocenters. The Bertz CT molecular complexity index is 341. The predicted molar refractivity (Wildman–Crippen MR) is 53.6 cm³/mol. The Morgan fingerprint density at radius 1 is 1.15 bits per heavy atom. The van der Waals surface area contributed by atoms with Crippen molar-refractivity contribution in [3.8, 4) is 0 Å². The highest BCUT2D eigenvalue weighted by molar-refractivity contribution is 9.10. The molecule has 0 bridgehead atoms. The molecule has 70 valence electrons. The van der Waals surface area contributed by atoms with Gasteiger partial charge in [-0.25, -0.2) is 8.78 Å². The summed E-state index contributed by atoms with van der Waals surface area (Å²) in [6.07, 6.45) is 1.33. The Morgan fingerprint density at radius 2 is 1.69 bits per heavy atom. The van der Waals surface area contributed by atoms with E-state index in [0.717, 1.165) is 0 Å². The minimum atomic E-state index is -0.849. The van der Waals surface area contributed by atoms with Crippen molar-refractivity contribution in [3.63, 3.8) is 0 Å². The Morgan fingerprint density at radius 3 is 2.15 bits per heavy atom. The first kappa shape index (κ1) is 10.4. The first-order valence-electron chi connectivity index (χ1n) is 3.76. The predicted octanol–water partition coefficient (Wildman–Crippen LogP) is 3.99. The fourth-order valence-electron chi connectivity index (χ4n) is 1.15. The molecule has 1 rings (SSSR count). The molecule has 0 N–H and O–H groups in total. The van der Waals surface area contributed by atoms with Gasteiger partial charge in [-0.1, -0.05) is 12.7 Å². The third-order valence-corrected chi connectivity index (χ3v) is 3.06. The molecular weight excluding hydrogens is 238 g/mol. The van der Waals surface area contributed by atoms with Crippen molar-refractivity contribution < 1.29 is 8.78 Å². The zero-order valence-electron chi connectivity index (χ0n) is 7.42. The van der Waals surface area contributed by atoms with E-state index in [0.29, 0.717) is 11.1 Å². The highest BCUT2D eigenvalue weighted by atomic mass is 79.9. The summed E-state index contributed by atoms with van der Waals surface area (Å²) in [6, 6.07) is 0. The molecule has 0 radical (unpaired) electrons. The van der Waals surface area contributed by atoms with E-state index in [9.17, 15) is 8.78 Å². The maximum Gasteiger partial charge on any atom is 0.173 e. The summed E-state index contributed by atoms with van der Waals surface area (Å²) in [4.78, 5) is 0. The smallest absolute Gasteiger partial charge is 0.173 e. The molecule has 0 amide bonds. The van der Waals surface area contributed by atoms with E-state index in [-0.39, 0.29) is 10.0 Å². The Kier molecular flexibility index (Phi) is 2.86. The van der Waals surface area contributed by atoms with Crippen LogP contribution in [0.3, 0.4) is 0 Å². The van der Waals surface area contributed by atoms with Crippen LogP contribution in [-0.4, -0.2) is 0 Å². The van der Waals surface area contributed by atoms with Crippen molar-refractivity contribution >= 4 is 22.0 Å². The summed E-state index contributed by atoms with van der Waals surface area (Å²) in [7, 11) is 0. The van der Waals surface area contributed by atoms with Crippen molar-refractivity contribution in [1.29, 1.82) is 0 Å². The van der Waals surface area contributed by atoms with Gasteiger partial charge in [-0.2, -0.15) is 0 Å². The molecule has 0 aliphatic carbocycles. The Balaban J connectivity index is 3.66. The molecule has 0 aromatic heterocycles. The van der Waals surface area contributed by atoms with Gasteiger partial charge in [0.05, 0.1) is 4.47 Å². The van der Waals surface area contributed by atoms with Gasteiger partial charge in [0.2, 0.25) is 0 Å². The average molecular weight is 247 g/mol. The lowest BCUT2D eigenvalue weighted by Crippen LogP contribution is -1.98. The molecule has 0 atom stereocenters. The molecule has 0 nitrogen and oxygen atoms in total. The summed E-state index contributed by atoms with van der Waals surface area (Å²) >= 11 is 2.99. The fraction of sp³-hybridized carbons (Fsp3) is 0.200. The van der Waals surface area contributed by atoms with Gasteiger partial charge in [0.25, 0.3) is 0 Å². The topological polar surface area (TPSA) is 0 Å². The second-order valence-corrected chi connectivity index (χ2v) is 3.60. The van der Waals surface area contributed by atoms with E-state index in [4.69, 9.17) is 0 Å². The van der Waals surface area contributed by atoms with Gasteiger partial charge in [0.1, 0.15) is 0 Å². The van der Waals surface area contributed by atoms with Crippen LogP contribution >= 0.6 is 15.9 Å². The zero-order chi connectivity index (χ0) is 10.2. The van der Waals surface area contributed by atoms with Gasteiger partial charge < -0.3 is 0 Å². The maximum atomic E-state index is 13.2. The van der Waals surface area contributed by atoms with E-state index < -0.39 is 11.6 Å². The zero-order valence-corrected chi connectivity index (χ0v) is 9.00. The fourth-order valence-corrected chi connectivity index (χ4v) is 1.62. The van der Waals surface area contributed by atoms with E-state index in [1.807, 2.05) is 0 Å². The second kappa shape index (κ2) is 3.58. The monoisotopic (exact) mass is 246 g/mol. The lowest BCUT2D eigenvalue weighted by atomic mass is 10.0. The van der Waals surface area contributed by atoms with Gasteiger partial charge in [-0.05, 0) is 40.9 Å². The van der Waals surface area contributed by atoms with Crippen LogP contribution in [0, 0.1) is 25.5 Å². The molecule has 1 aromatic carbocycles. The molecule has 3 heteroatoms. The quantitative estimate of drug-likeness (QED) is 0.658. The van der Waals surface area contributed by atoms with Crippen molar-refractivity contribution in [2.24, 2.45) is 0 Å². The summed E-state index contributed by atoms with van der Waals surface area (Å²) in [5.41, 5.74) is 1.65. The van der Waals surface area contributed by atoms with Gasteiger partial charge in [-0.15, -0.1) is 0 Å². The number of benzene rings is 1. The Labute approximate surface area is 84.4 Å². The largest absolute Gasteiger partial charge is 0.203 e. The molecule has 0 saturated heterocycles. The van der Waals surface area contributed by atoms with Crippen molar-refractivity contribution in [3.05, 3.63) is 39.4 Å². The van der Waals surface area contributed by atoms with Gasteiger partial charge in [0, 0.05) is 5.56 Å². The highest BCUT2D eigenvalue weighted by Crippen LogP contribution is 2.29. The van der Waals surface area contributed by atoms with Gasteiger partial charge in [-0.3, -0.25) is 0 Å². The molecule has 0 spiro atoms. The second-order valence-electron chi connectivity index (χ2n) is 2.81. The van der Waals surface area contributed by atoms with Crippen molar-refractivity contribution in [1.82, 2.24) is 0 Å². The van der Waals surface area contributed by atoms with Gasteiger partial charge in [0.15, 0.2) is 11.6 Å². The van der Waals surface area contributed by atoms with Crippen molar-refractivity contribution in [2.45, 2.75) is 13.8 Å². The first-order valence-corrected chi connectivity index (χ1v) is 4.56. The molecule has 0 saturated carbocycles. The summed E-state index contributed by atoms with van der Waals surface area (Å²) in [5.74, 6) is -1.69. The van der Waals surface area contributed by atoms with E-state index >= 15 is 0 Å². The maximum absolute atomic E-state index is 13.2. The first-order chi connectivity index (χ1) is 6.00. The minimum Gasteiger partial charge on any atom is -0.203 e. The minimum absolute atomic E-state index is 0.188. The normalized spacial score (nSPS) is 10.2. The molecule has 13 heavy (non-hydrogen) atoms. The average Bonchev–Trinajstić information content (AvgIpc) is 2.13. The SMILES string of the molecule is C=Cc1c(C)c(C)c(Br)c(F)c1F. The molecule has 0 heterocycles. The molecular formula is C10H9BrF2. The highest BCUT2D eigenvalue weighted by Gasteiger charge is 2.16. The third-order valence-electron chi connectivity index (χ3n) is 2.12. The summed E-state index contributed by atoms with van der Waals surface area (Å²) in [5, 5.41) is 0. The summed E-state index contributed by atoms with van der Waals surface area (Å²) < 4.78 is 26.6. The van der Waals surface area contributed by atoms with Crippen LogP contribution in [0.4, 0.5) is 8.78 Å². The van der Waals surface area contributed by atoms with Crippen LogP contribution < -0.4 is 0 Å². The number of hydrogen-bond donors (Lipinski definition) is 0. The van der Waals surface area contributed by atoms with Crippen LogP contribution in [0.5, 0.6) is 0 Å². The summed E-state index contributed by atoms with van der Waals surface area (Å²) in [6.45, 7) is 6.91. The Hall–Kier alpha value is -0.700. The standard InChI is InChI=1S/C10H9BrF2/c1-4-7-5(2)6(3)8(11)10(13)9(7)12/h4H,1H2,2-3H3. The van der Waals surface area contributed by atoms with Crippen LogP contribution in [0.25, 0.3) is 6.08 Å². The van der Waals surface area contributed by atoms with Crippen LogP contribution in [0.1, 0.15) is 16.7 Å². The lowest BCUT2D eigenvalue weighted by molar-refractivity contribution is 0.500. The van der Waals surface area contributed by atoms with Crippen LogP contribution in [-0.2, 0) is 0 Å². The molecule has 0 aliphatic rings. The molecule has 1 aromatic rings. The van der Waals surface area contributed by atoms with Crippen LogP contribution in [0.15, 0.2) is 11.1 Å². The molecule has 0 fully saturated rings. The third kappa shape index (κ3) is 1.53. The van der Waals surface area contributed by atoms with Crippen LogP contribution in [0.2, 0.25) is 0 Å². The van der Waals surface area contributed by atoms with E-state index in [2.05, 4.69) is 22.5 Å². The lowest BCUT2D eigenvalue weighted by Gasteiger charge is -2.09. The number of halogens is 3. The van der Waals surface area contributed by atoms with Gasteiger partial charge >= 0.3 is 0 Å².